The zero-order valence-electron chi connectivity index (χ0n) is 11.2. The van der Waals surface area contributed by atoms with Gasteiger partial charge in [-0.1, -0.05) is 6.07 Å². The number of carbonyl (C=O) groups is 1. The molecule has 0 unspecified atom stereocenters. The first-order valence-corrected chi connectivity index (χ1v) is 9.31. The normalized spacial score (nSPS) is 20.5. The lowest BCUT2D eigenvalue weighted by Gasteiger charge is -2.07. The molecule has 6 nitrogen and oxygen atoms in total. The number of H-pyrrole nitrogens is 1. The summed E-state index contributed by atoms with van der Waals surface area (Å²) in [6, 6.07) is 5.58. The van der Waals surface area contributed by atoms with Gasteiger partial charge in [0.25, 0.3) is 5.91 Å². The molecule has 0 radical (unpaired) electrons. The number of aromatic nitrogens is 2. The third kappa shape index (κ3) is 3.33. The summed E-state index contributed by atoms with van der Waals surface area (Å²) in [5.41, 5.74) is 1.12. The van der Waals surface area contributed by atoms with Crippen molar-refractivity contribution in [2.45, 2.75) is 6.42 Å². The first-order valence-electron chi connectivity index (χ1n) is 6.61. The highest BCUT2D eigenvalue weighted by molar-refractivity contribution is 7.91. The molecule has 2 N–H and O–H groups in total. The monoisotopic (exact) mass is 325 g/mol. The van der Waals surface area contributed by atoms with Crippen molar-refractivity contribution >= 4 is 27.1 Å². The van der Waals surface area contributed by atoms with Crippen LogP contribution in [-0.2, 0) is 9.84 Å². The SMILES string of the molecule is O=C(NC[C@@H]1CCS(=O)(=O)C1)c1cc(-c2cccs2)[nH]n1. The van der Waals surface area contributed by atoms with Gasteiger partial charge in [0.05, 0.1) is 22.1 Å². The molecule has 0 saturated carbocycles. The van der Waals surface area contributed by atoms with Crippen molar-refractivity contribution in [1.29, 1.82) is 0 Å². The molecular formula is C13H15N3O3S2. The van der Waals surface area contributed by atoms with Crippen LogP contribution in [0.5, 0.6) is 0 Å². The number of hydrogen-bond acceptors (Lipinski definition) is 5. The van der Waals surface area contributed by atoms with E-state index in [0.717, 1.165) is 10.6 Å². The van der Waals surface area contributed by atoms with Gasteiger partial charge in [-0.15, -0.1) is 11.3 Å². The molecule has 1 saturated heterocycles. The zero-order chi connectivity index (χ0) is 14.9. The molecule has 0 aliphatic carbocycles. The quantitative estimate of drug-likeness (QED) is 0.886. The molecule has 1 amide bonds. The first kappa shape index (κ1) is 14.3. The van der Waals surface area contributed by atoms with E-state index in [1.165, 1.54) is 0 Å². The van der Waals surface area contributed by atoms with Gasteiger partial charge in [0, 0.05) is 6.54 Å². The molecule has 1 fully saturated rings. The summed E-state index contributed by atoms with van der Waals surface area (Å²) in [5.74, 6) is 0.111. The maximum atomic E-state index is 12.0. The van der Waals surface area contributed by atoms with E-state index in [2.05, 4.69) is 15.5 Å². The Bertz CT molecular complexity index is 735. The summed E-state index contributed by atoms with van der Waals surface area (Å²) in [5, 5.41) is 11.5. The minimum absolute atomic E-state index is 0.00894. The Balaban J connectivity index is 1.59. The van der Waals surface area contributed by atoms with Crippen LogP contribution in [0.25, 0.3) is 10.6 Å². The smallest absolute Gasteiger partial charge is 0.271 e. The molecule has 1 atom stereocenters. The summed E-state index contributed by atoms with van der Waals surface area (Å²) in [7, 11) is -2.91. The number of nitrogens with one attached hydrogen (secondary N) is 2. The van der Waals surface area contributed by atoms with Crippen molar-refractivity contribution in [2.24, 2.45) is 5.92 Å². The highest BCUT2D eigenvalue weighted by atomic mass is 32.2. The van der Waals surface area contributed by atoms with Crippen molar-refractivity contribution < 1.29 is 13.2 Å². The van der Waals surface area contributed by atoms with Gasteiger partial charge in [-0.2, -0.15) is 5.10 Å². The lowest BCUT2D eigenvalue weighted by Crippen LogP contribution is -2.30. The van der Waals surface area contributed by atoms with Crippen molar-refractivity contribution in [2.75, 3.05) is 18.1 Å². The van der Waals surface area contributed by atoms with Crippen LogP contribution in [0.4, 0.5) is 0 Å². The van der Waals surface area contributed by atoms with Crippen LogP contribution >= 0.6 is 11.3 Å². The second kappa shape index (κ2) is 5.61. The van der Waals surface area contributed by atoms with E-state index in [1.807, 2.05) is 17.5 Å². The van der Waals surface area contributed by atoms with Crippen LogP contribution < -0.4 is 5.32 Å². The molecule has 2 aromatic rings. The van der Waals surface area contributed by atoms with Crippen molar-refractivity contribution in [1.82, 2.24) is 15.5 Å². The fourth-order valence-corrected chi connectivity index (χ4v) is 4.91. The molecule has 0 spiro atoms. The Hall–Kier alpha value is -1.67. The molecule has 21 heavy (non-hydrogen) atoms. The maximum Gasteiger partial charge on any atom is 0.271 e. The molecule has 0 bridgehead atoms. The first-order chi connectivity index (χ1) is 10.0. The van der Waals surface area contributed by atoms with Crippen LogP contribution in [0.1, 0.15) is 16.9 Å². The Morgan fingerprint density at radius 3 is 3.05 bits per heavy atom. The molecular weight excluding hydrogens is 310 g/mol. The van der Waals surface area contributed by atoms with Crippen LogP contribution in [-0.4, -0.2) is 42.6 Å². The zero-order valence-corrected chi connectivity index (χ0v) is 12.8. The van der Waals surface area contributed by atoms with E-state index in [9.17, 15) is 13.2 Å². The van der Waals surface area contributed by atoms with Gasteiger partial charge in [-0.25, -0.2) is 8.42 Å². The highest BCUT2D eigenvalue weighted by Gasteiger charge is 2.28. The average Bonchev–Trinajstić information content (AvgIpc) is 3.15. The Labute approximate surface area is 126 Å². The number of hydrogen-bond donors (Lipinski definition) is 2. The van der Waals surface area contributed by atoms with E-state index in [1.54, 1.807) is 17.4 Å². The molecule has 0 aromatic carbocycles. The van der Waals surface area contributed by atoms with E-state index >= 15 is 0 Å². The third-order valence-corrected chi connectivity index (χ3v) is 6.22. The largest absolute Gasteiger partial charge is 0.350 e. The fourth-order valence-electron chi connectivity index (χ4n) is 2.36. The summed E-state index contributed by atoms with van der Waals surface area (Å²) in [4.78, 5) is 13.0. The van der Waals surface area contributed by atoms with E-state index < -0.39 is 9.84 Å². The fraction of sp³-hybridized carbons (Fsp3) is 0.385. The number of carbonyl (C=O) groups excluding carboxylic acids is 1. The summed E-state index contributed by atoms with van der Waals surface area (Å²) >= 11 is 1.56. The highest BCUT2D eigenvalue weighted by Crippen LogP contribution is 2.23. The molecule has 3 heterocycles. The van der Waals surface area contributed by atoms with E-state index in [0.29, 0.717) is 18.7 Å². The van der Waals surface area contributed by atoms with Crippen molar-refractivity contribution in [3.63, 3.8) is 0 Å². The lowest BCUT2D eigenvalue weighted by molar-refractivity contribution is 0.0943. The van der Waals surface area contributed by atoms with E-state index in [4.69, 9.17) is 0 Å². The van der Waals surface area contributed by atoms with E-state index in [-0.39, 0.29) is 23.3 Å². The van der Waals surface area contributed by atoms with Crippen molar-refractivity contribution in [3.8, 4) is 10.6 Å². The minimum atomic E-state index is -2.91. The average molecular weight is 325 g/mol. The predicted octanol–water partition coefficient (Wildman–Crippen LogP) is 1.30. The van der Waals surface area contributed by atoms with Gasteiger partial charge in [0.15, 0.2) is 15.5 Å². The molecule has 2 aromatic heterocycles. The Morgan fingerprint density at radius 2 is 2.38 bits per heavy atom. The number of aromatic amines is 1. The molecule has 1 aliphatic rings. The Morgan fingerprint density at radius 1 is 1.52 bits per heavy atom. The van der Waals surface area contributed by atoms with Gasteiger partial charge >= 0.3 is 0 Å². The van der Waals surface area contributed by atoms with Gasteiger partial charge < -0.3 is 5.32 Å². The topological polar surface area (TPSA) is 91.9 Å². The second-order valence-electron chi connectivity index (χ2n) is 5.12. The van der Waals surface area contributed by atoms with Crippen LogP contribution in [0.2, 0.25) is 0 Å². The summed E-state index contributed by atoms with van der Waals surface area (Å²) in [6.07, 6.45) is 0.615. The van der Waals surface area contributed by atoms with Crippen LogP contribution in [0.15, 0.2) is 23.6 Å². The maximum absolute atomic E-state index is 12.0. The van der Waals surface area contributed by atoms with Gasteiger partial charge in [0.1, 0.15) is 0 Å². The predicted molar refractivity (Wildman–Crippen MR) is 81.0 cm³/mol. The van der Waals surface area contributed by atoms with Crippen LogP contribution in [0.3, 0.4) is 0 Å². The lowest BCUT2D eigenvalue weighted by atomic mass is 10.1. The summed E-state index contributed by atoms with van der Waals surface area (Å²) in [6.45, 7) is 0.374. The second-order valence-corrected chi connectivity index (χ2v) is 8.30. The number of amides is 1. The number of thiophene rings is 1. The molecule has 1 aliphatic heterocycles. The summed E-state index contributed by atoms with van der Waals surface area (Å²) < 4.78 is 22.7. The van der Waals surface area contributed by atoms with Crippen LogP contribution in [0, 0.1) is 5.92 Å². The number of rotatable bonds is 4. The molecule has 8 heteroatoms. The third-order valence-electron chi connectivity index (χ3n) is 3.48. The standard InChI is InChI=1S/C13H15N3O3S2/c17-13(14-7-9-3-5-21(18,19)8-9)11-6-10(15-16-11)12-2-1-4-20-12/h1-2,4,6,9H,3,5,7-8H2,(H,14,17)(H,15,16)/t9-/m0/s1. The molecule has 112 valence electrons. The van der Waals surface area contributed by atoms with Gasteiger partial charge in [-0.05, 0) is 29.9 Å². The minimum Gasteiger partial charge on any atom is -0.350 e. The number of sulfone groups is 1. The molecule has 3 rings (SSSR count). The van der Waals surface area contributed by atoms with Gasteiger partial charge in [0.2, 0.25) is 0 Å². The van der Waals surface area contributed by atoms with Gasteiger partial charge in [-0.3, -0.25) is 9.89 Å². The number of nitrogens with zero attached hydrogens (tertiary/aromatic N) is 1. The Kier molecular flexibility index (Phi) is 3.81. The van der Waals surface area contributed by atoms with Crippen molar-refractivity contribution in [3.05, 3.63) is 29.3 Å².